The van der Waals surface area contributed by atoms with Crippen molar-refractivity contribution in [3.05, 3.63) is 12.4 Å². The van der Waals surface area contributed by atoms with Gasteiger partial charge in [0.25, 0.3) is 0 Å². The summed E-state index contributed by atoms with van der Waals surface area (Å²) in [6.45, 7) is 12.2. The molecule has 108 valence electrons. The Bertz CT molecular complexity index is 387. The molecular formula is C14H26N4O. The first-order valence-corrected chi connectivity index (χ1v) is 6.73. The number of aromatic nitrogens is 2. The summed E-state index contributed by atoms with van der Waals surface area (Å²) in [5.74, 6) is 1.50. The second-order valence-corrected chi connectivity index (χ2v) is 5.98. The van der Waals surface area contributed by atoms with Crippen molar-refractivity contribution in [3.63, 3.8) is 0 Å². The fourth-order valence-electron chi connectivity index (χ4n) is 1.56. The highest BCUT2D eigenvalue weighted by molar-refractivity contribution is 5.39. The predicted octanol–water partition coefficient (Wildman–Crippen LogP) is 2.09. The molecule has 0 amide bonds. The van der Waals surface area contributed by atoms with E-state index in [9.17, 15) is 0 Å². The number of hydrogen-bond acceptors (Lipinski definition) is 5. The predicted molar refractivity (Wildman–Crippen MR) is 78.8 cm³/mol. The lowest BCUT2D eigenvalue weighted by Crippen LogP contribution is -2.40. The second-order valence-electron chi connectivity index (χ2n) is 5.98. The molecule has 0 saturated carbocycles. The van der Waals surface area contributed by atoms with E-state index in [1.165, 1.54) is 0 Å². The van der Waals surface area contributed by atoms with Crippen LogP contribution in [0.5, 0.6) is 5.88 Å². The second kappa shape index (κ2) is 6.70. The van der Waals surface area contributed by atoms with Gasteiger partial charge in [0, 0.05) is 31.7 Å². The van der Waals surface area contributed by atoms with Crippen molar-refractivity contribution in [2.45, 2.75) is 46.3 Å². The topological polar surface area (TPSA) is 50.3 Å². The first kappa shape index (κ1) is 15.7. The normalized spacial score (nSPS) is 11.7. The SMILES string of the molecule is CC(C)Oc1cc(N(C)CCNC(C)(C)C)ncn1. The van der Waals surface area contributed by atoms with E-state index in [0.29, 0.717) is 5.88 Å². The van der Waals surface area contributed by atoms with Crippen LogP contribution in [0.3, 0.4) is 0 Å². The summed E-state index contributed by atoms with van der Waals surface area (Å²) >= 11 is 0. The van der Waals surface area contributed by atoms with Gasteiger partial charge < -0.3 is 15.0 Å². The summed E-state index contributed by atoms with van der Waals surface area (Å²) in [6.07, 6.45) is 1.66. The van der Waals surface area contributed by atoms with Crippen LogP contribution < -0.4 is 15.0 Å². The molecule has 0 fully saturated rings. The summed E-state index contributed by atoms with van der Waals surface area (Å²) < 4.78 is 5.57. The van der Waals surface area contributed by atoms with Gasteiger partial charge in [0.2, 0.25) is 5.88 Å². The van der Waals surface area contributed by atoms with Crippen LogP contribution in [-0.4, -0.2) is 41.7 Å². The highest BCUT2D eigenvalue weighted by Crippen LogP contribution is 2.15. The molecule has 0 aromatic carbocycles. The van der Waals surface area contributed by atoms with Crippen LogP contribution in [0, 0.1) is 0 Å². The van der Waals surface area contributed by atoms with Gasteiger partial charge >= 0.3 is 0 Å². The molecular weight excluding hydrogens is 240 g/mol. The van der Waals surface area contributed by atoms with Gasteiger partial charge in [-0.05, 0) is 34.6 Å². The monoisotopic (exact) mass is 266 g/mol. The molecule has 0 spiro atoms. The number of likely N-dealkylation sites (N-methyl/N-ethyl adjacent to an activating group) is 1. The van der Waals surface area contributed by atoms with E-state index >= 15 is 0 Å². The van der Waals surface area contributed by atoms with Crippen molar-refractivity contribution in [2.75, 3.05) is 25.0 Å². The molecule has 0 aliphatic heterocycles. The van der Waals surface area contributed by atoms with Gasteiger partial charge in [-0.15, -0.1) is 0 Å². The molecule has 5 nitrogen and oxygen atoms in total. The summed E-state index contributed by atoms with van der Waals surface area (Å²) in [6, 6.07) is 1.87. The zero-order chi connectivity index (χ0) is 14.5. The van der Waals surface area contributed by atoms with Crippen LogP contribution in [0.2, 0.25) is 0 Å². The average Bonchev–Trinajstić information content (AvgIpc) is 2.26. The third-order valence-corrected chi connectivity index (χ3v) is 2.48. The van der Waals surface area contributed by atoms with Crippen molar-refractivity contribution >= 4 is 5.82 Å². The number of rotatable bonds is 6. The molecule has 1 aromatic rings. The molecule has 0 bridgehead atoms. The average molecular weight is 266 g/mol. The van der Waals surface area contributed by atoms with Crippen molar-refractivity contribution in [3.8, 4) is 5.88 Å². The molecule has 0 radical (unpaired) electrons. The Balaban J connectivity index is 2.54. The Morgan fingerprint density at radius 2 is 2.00 bits per heavy atom. The Morgan fingerprint density at radius 3 is 2.58 bits per heavy atom. The minimum absolute atomic E-state index is 0.121. The van der Waals surface area contributed by atoms with E-state index in [4.69, 9.17) is 4.74 Å². The number of nitrogens with zero attached hydrogens (tertiary/aromatic N) is 3. The molecule has 1 heterocycles. The Labute approximate surface area is 116 Å². The van der Waals surface area contributed by atoms with Gasteiger partial charge in [-0.25, -0.2) is 9.97 Å². The van der Waals surface area contributed by atoms with Gasteiger partial charge in [-0.1, -0.05) is 0 Å². The molecule has 5 heteroatoms. The van der Waals surface area contributed by atoms with E-state index < -0.39 is 0 Å². The number of ether oxygens (including phenoxy) is 1. The van der Waals surface area contributed by atoms with Gasteiger partial charge in [0.05, 0.1) is 6.10 Å². The van der Waals surface area contributed by atoms with E-state index in [-0.39, 0.29) is 11.6 Å². The highest BCUT2D eigenvalue weighted by atomic mass is 16.5. The first-order chi connectivity index (χ1) is 8.78. The third kappa shape index (κ3) is 6.38. The van der Waals surface area contributed by atoms with Crippen molar-refractivity contribution in [1.29, 1.82) is 0 Å². The van der Waals surface area contributed by atoms with Crippen LogP contribution in [0.1, 0.15) is 34.6 Å². The van der Waals surface area contributed by atoms with Crippen molar-refractivity contribution in [2.24, 2.45) is 0 Å². The Hall–Kier alpha value is -1.36. The van der Waals surface area contributed by atoms with Crippen LogP contribution in [0.4, 0.5) is 5.82 Å². The van der Waals surface area contributed by atoms with Crippen molar-refractivity contribution in [1.82, 2.24) is 15.3 Å². The first-order valence-electron chi connectivity index (χ1n) is 6.73. The zero-order valence-electron chi connectivity index (χ0n) is 12.9. The number of anilines is 1. The lowest BCUT2D eigenvalue weighted by molar-refractivity contribution is 0.232. The molecule has 0 atom stereocenters. The maximum Gasteiger partial charge on any atom is 0.218 e. The van der Waals surface area contributed by atoms with Crippen LogP contribution in [-0.2, 0) is 0 Å². The molecule has 0 aliphatic rings. The minimum Gasteiger partial charge on any atom is -0.475 e. The van der Waals surface area contributed by atoms with Gasteiger partial charge in [0.1, 0.15) is 12.1 Å². The van der Waals surface area contributed by atoms with Gasteiger partial charge in [-0.2, -0.15) is 0 Å². The van der Waals surface area contributed by atoms with Crippen LogP contribution in [0.15, 0.2) is 12.4 Å². The number of nitrogens with one attached hydrogen (secondary N) is 1. The summed E-state index contributed by atoms with van der Waals surface area (Å²) in [7, 11) is 2.02. The molecule has 1 rings (SSSR count). The van der Waals surface area contributed by atoms with Crippen LogP contribution >= 0.6 is 0 Å². The molecule has 0 saturated heterocycles. The van der Waals surface area contributed by atoms with E-state index in [1.54, 1.807) is 6.33 Å². The maximum absolute atomic E-state index is 5.57. The molecule has 19 heavy (non-hydrogen) atoms. The quantitative estimate of drug-likeness (QED) is 0.854. The lowest BCUT2D eigenvalue weighted by atomic mass is 10.1. The molecule has 0 unspecified atom stereocenters. The Morgan fingerprint density at radius 1 is 1.32 bits per heavy atom. The summed E-state index contributed by atoms with van der Waals surface area (Å²) in [4.78, 5) is 10.5. The van der Waals surface area contributed by atoms with Crippen LogP contribution in [0.25, 0.3) is 0 Å². The van der Waals surface area contributed by atoms with E-state index in [1.807, 2.05) is 27.0 Å². The largest absolute Gasteiger partial charge is 0.475 e. The Kier molecular flexibility index (Phi) is 5.54. The van der Waals surface area contributed by atoms with Gasteiger partial charge in [0.15, 0.2) is 0 Å². The lowest BCUT2D eigenvalue weighted by Gasteiger charge is -2.24. The fourth-order valence-corrected chi connectivity index (χ4v) is 1.56. The molecule has 1 N–H and O–H groups in total. The third-order valence-electron chi connectivity index (χ3n) is 2.48. The summed E-state index contributed by atoms with van der Waals surface area (Å²) in [5, 5.41) is 3.45. The molecule has 0 aliphatic carbocycles. The van der Waals surface area contributed by atoms with E-state index in [2.05, 4.69) is 41.0 Å². The minimum atomic E-state index is 0.121. The van der Waals surface area contributed by atoms with Gasteiger partial charge in [-0.3, -0.25) is 0 Å². The number of hydrogen-bond donors (Lipinski definition) is 1. The zero-order valence-corrected chi connectivity index (χ0v) is 12.9. The maximum atomic E-state index is 5.57. The van der Waals surface area contributed by atoms with Crippen molar-refractivity contribution < 1.29 is 4.74 Å². The molecule has 1 aromatic heterocycles. The fraction of sp³-hybridized carbons (Fsp3) is 0.714. The highest BCUT2D eigenvalue weighted by Gasteiger charge is 2.10. The standard InChI is InChI=1S/C14H26N4O/c1-11(2)19-13-9-12(15-10-16-13)18(6)8-7-17-14(3,4)5/h9-11,17H,7-8H2,1-6H3. The summed E-state index contributed by atoms with van der Waals surface area (Å²) in [5.41, 5.74) is 0.137. The van der Waals surface area contributed by atoms with E-state index in [0.717, 1.165) is 18.9 Å². The smallest absolute Gasteiger partial charge is 0.218 e.